The molecule has 0 aromatic rings. The summed E-state index contributed by atoms with van der Waals surface area (Å²) in [6, 6.07) is 0.569. The van der Waals surface area contributed by atoms with Crippen molar-refractivity contribution < 1.29 is 4.74 Å². The lowest BCUT2D eigenvalue weighted by atomic mass is 9.75. The Hall–Kier alpha value is -0.0800. The lowest BCUT2D eigenvalue weighted by Crippen LogP contribution is -2.48. The molecule has 0 aromatic carbocycles. The highest BCUT2D eigenvalue weighted by molar-refractivity contribution is 4.87. The van der Waals surface area contributed by atoms with Gasteiger partial charge in [-0.05, 0) is 44.1 Å². The molecule has 0 spiro atoms. The largest absolute Gasteiger partial charge is 0.380 e. The molecule has 4 unspecified atom stereocenters. The molecular formula is C17H35NO. The van der Waals surface area contributed by atoms with Crippen molar-refractivity contribution in [1.82, 2.24) is 5.32 Å². The molecule has 2 heteroatoms. The Morgan fingerprint density at radius 1 is 1.16 bits per heavy atom. The van der Waals surface area contributed by atoms with E-state index in [1.807, 2.05) is 7.11 Å². The van der Waals surface area contributed by atoms with E-state index in [1.54, 1.807) is 0 Å². The SMILES string of the molecule is CCCNC(C1CCCC(CC)C1)C(CCC)OC. The molecule has 0 radical (unpaired) electrons. The summed E-state index contributed by atoms with van der Waals surface area (Å²) >= 11 is 0. The van der Waals surface area contributed by atoms with E-state index in [9.17, 15) is 0 Å². The third-order valence-electron chi connectivity index (χ3n) is 4.82. The van der Waals surface area contributed by atoms with E-state index in [0.717, 1.165) is 18.4 Å². The molecule has 0 amide bonds. The van der Waals surface area contributed by atoms with Gasteiger partial charge in [0.25, 0.3) is 0 Å². The summed E-state index contributed by atoms with van der Waals surface area (Å²) in [7, 11) is 1.89. The molecule has 0 saturated heterocycles. The number of hydrogen-bond donors (Lipinski definition) is 1. The van der Waals surface area contributed by atoms with Crippen molar-refractivity contribution in [1.29, 1.82) is 0 Å². The molecule has 1 rings (SSSR count). The van der Waals surface area contributed by atoms with Crippen LogP contribution in [0.1, 0.15) is 72.1 Å². The molecule has 0 aliphatic heterocycles. The number of nitrogens with one attached hydrogen (secondary N) is 1. The van der Waals surface area contributed by atoms with E-state index in [-0.39, 0.29) is 0 Å². The highest BCUT2D eigenvalue weighted by atomic mass is 16.5. The first-order valence-electron chi connectivity index (χ1n) is 8.52. The minimum absolute atomic E-state index is 0.400. The summed E-state index contributed by atoms with van der Waals surface area (Å²) in [5.74, 6) is 1.77. The molecule has 0 aromatic heterocycles. The van der Waals surface area contributed by atoms with Crippen LogP contribution in [0.15, 0.2) is 0 Å². The van der Waals surface area contributed by atoms with Gasteiger partial charge in [0.15, 0.2) is 0 Å². The van der Waals surface area contributed by atoms with Crippen LogP contribution in [0.2, 0.25) is 0 Å². The first-order chi connectivity index (χ1) is 9.26. The van der Waals surface area contributed by atoms with Gasteiger partial charge >= 0.3 is 0 Å². The monoisotopic (exact) mass is 269 g/mol. The molecule has 114 valence electrons. The second-order valence-electron chi connectivity index (χ2n) is 6.24. The summed E-state index contributed by atoms with van der Waals surface area (Å²) in [6.07, 6.45) is 11.0. The fourth-order valence-electron chi connectivity index (χ4n) is 3.67. The van der Waals surface area contributed by atoms with E-state index in [1.165, 1.54) is 51.4 Å². The van der Waals surface area contributed by atoms with Gasteiger partial charge in [-0.2, -0.15) is 0 Å². The molecule has 1 saturated carbocycles. The van der Waals surface area contributed by atoms with E-state index in [4.69, 9.17) is 4.74 Å². The molecule has 4 atom stereocenters. The minimum atomic E-state index is 0.400. The van der Waals surface area contributed by atoms with Crippen LogP contribution in [-0.2, 0) is 4.74 Å². The Morgan fingerprint density at radius 2 is 1.95 bits per heavy atom. The van der Waals surface area contributed by atoms with Gasteiger partial charge in [-0.3, -0.25) is 0 Å². The van der Waals surface area contributed by atoms with Crippen LogP contribution in [0, 0.1) is 11.8 Å². The van der Waals surface area contributed by atoms with Crippen LogP contribution in [0.25, 0.3) is 0 Å². The quantitative estimate of drug-likeness (QED) is 0.670. The van der Waals surface area contributed by atoms with Gasteiger partial charge < -0.3 is 10.1 Å². The average Bonchev–Trinajstić information content (AvgIpc) is 2.46. The van der Waals surface area contributed by atoms with Gasteiger partial charge in [0, 0.05) is 13.2 Å². The number of ether oxygens (including phenoxy) is 1. The highest BCUT2D eigenvalue weighted by Gasteiger charge is 2.32. The van der Waals surface area contributed by atoms with E-state index >= 15 is 0 Å². The molecule has 19 heavy (non-hydrogen) atoms. The van der Waals surface area contributed by atoms with Gasteiger partial charge in [0.2, 0.25) is 0 Å². The molecule has 1 aliphatic rings. The fraction of sp³-hybridized carbons (Fsp3) is 1.00. The van der Waals surface area contributed by atoms with Gasteiger partial charge in [-0.1, -0.05) is 46.5 Å². The van der Waals surface area contributed by atoms with E-state index in [2.05, 4.69) is 26.1 Å². The third-order valence-corrected chi connectivity index (χ3v) is 4.82. The first-order valence-corrected chi connectivity index (χ1v) is 8.52. The average molecular weight is 269 g/mol. The summed E-state index contributed by atoms with van der Waals surface area (Å²) < 4.78 is 5.81. The minimum Gasteiger partial charge on any atom is -0.380 e. The van der Waals surface area contributed by atoms with Gasteiger partial charge in [-0.25, -0.2) is 0 Å². The second-order valence-corrected chi connectivity index (χ2v) is 6.24. The Bertz CT molecular complexity index is 219. The lowest BCUT2D eigenvalue weighted by Gasteiger charge is -2.38. The molecule has 1 aliphatic carbocycles. The highest BCUT2D eigenvalue weighted by Crippen LogP contribution is 2.34. The second kappa shape index (κ2) is 9.77. The van der Waals surface area contributed by atoms with E-state index < -0.39 is 0 Å². The van der Waals surface area contributed by atoms with Crippen molar-refractivity contribution in [3.05, 3.63) is 0 Å². The summed E-state index contributed by atoms with van der Waals surface area (Å²) in [5.41, 5.74) is 0. The standard InChI is InChI=1S/C17H35NO/c1-5-9-16(19-4)17(18-12-6-2)15-11-8-10-14(7-3)13-15/h14-18H,5-13H2,1-4H3. The maximum atomic E-state index is 5.81. The third kappa shape index (κ3) is 5.43. The smallest absolute Gasteiger partial charge is 0.0726 e. The van der Waals surface area contributed by atoms with Gasteiger partial charge in [-0.15, -0.1) is 0 Å². The lowest BCUT2D eigenvalue weighted by molar-refractivity contribution is 0.0274. The predicted octanol–water partition coefficient (Wildman–Crippen LogP) is 4.39. The van der Waals surface area contributed by atoms with Crippen molar-refractivity contribution in [2.45, 2.75) is 84.3 Å². The number of rotatable bonds is 9. The Labute approximate surface area is 120 Å². The molecule has 1 fully saturated rings. The Kier molecular flexibility index (Phi) is 8.72. The maximum absolute atomic E-state index is 5.81. The predicted molar refractivity (Wildman–Crippen MR) is 83.5 cm³/mol. The van der Waals surface area contributed by atoms with Crippen molar-refractivity contribution in [2.24, 2.45) is 11.8 Å². The van der Waals surface area contributed by atoms with Crippen LogP contribution in [0.5, 0.6) is 0 Å². The Balaban J connectivity index is 2.64. The zero-order chi connectivity index (χ0) is 14.1. The molecule has 0 heterocycles. The van der Waals surface area contributed by atoms with Crippen molar-refractivity contribution in [3.8, 4) is 0 Å². The van der Waals surface area contributed by atoms with Gasteiger partial charge in [0.1, 0.15) is 0 Å². The van der Waals surface area contributed by atoms with Crippen molar-refractivity contribution in [3.63, 3.8) is 0 Å². The van der Waals surface area contributed by atoms with Crippen LogP contribution in [-0.4, -0.2) is 25.8 Å². The zero-order valence-electron chi connectivity index (χ0n) is 13.6. The van der Waals surface area contributed by atoms with Crippen molar-refractivity contribution in [2.75, 3.05) is 13.7 Å². The number of hydrogen-bond acceptors (Lipinski definition) is 2. The van der Waals surface area contributed by atoms with Crippen LogP contribution >= 0.6 is 0 Å². The summed E-state index contributed by atoms with van der Waals surface area (Å²) in [6.45, 7) is 7.99. The van der Waals surface area contributed by atoms with Crippen LogP contribution in [0.4, 0.5) is 0 Å². The number of methoxy groups -OCH3 is 1. The molecular weight excluding hydrogens is 234 g/mol. The molecule has 1 N–H and O–H groups in total. The summed E-state index contributed by atoms with van der Waals surface area (Å²) in [4.78, 5) is 0. The van der Waals surface area contributed by atoms with Crippen molar-refractivity contribution >= 4 is 0 Å². The summed E-state index contributed by atoms with van der Waals surface area (Å²) in [5, 5.41) is 3.79. The molecule has 2 nitrogen and oxygen atoms in total. The van der Waals surface area contributed by atoms with Gasteiger partial charge in [0.05, 0.1) is 6.10 Å². The topological polar surface area (TPSA) is 21.3 Å². The van der Waals surface area contributed by atoms with Crippen LogP contribution < -0.4 is 5.32 Å². The molecule has 0 bridgehead atoms. The fourth-order valence-corrected chi connectivity index (χ4v) is 3.67. The van der Waals surface area contributed by atoms with Crippen LogP contribution in [0.3, 0.4) is 0 Å². The maximum Gasteiger partial charge on any atom is 0.0726 e. The zero-order valence-corrected chi connectivity index (χ0v) is 13.6. The van der Waals surface area contributed by atoms with E-state index in [0.29, 0.717) is 12.1 Å². The normalized spacial score (nSPS) is 27.2. The first kappa shape index (κ1) is 17.0. The Morgan fingerprint density at radius 3 is 2.53 bits per heavy atom.